The molecule has 4 heteroatoms. The van der Waals surface area contributed by atoms with Gasteiger partial charge in [-0.2, -0.15) is 0 Å². The lowest BCUT2D eigenvalue weighted by molar-refractivity contribution is 0.520. The monoisotopic (exact) mass is 309 g/mol. The van der Waals surface area contributed by atoms with E-state index in [4.69, 9.17) is 0 Å². The Morgan fingerprint density at radius 2 is 2.00 bits per heavy atom. The molecule has 1 heterocycles. The number of aryl methyl sites for hydroxylation is 2. The number of hydrogen-bond donors (Lipinski definition) is 1. The van der Waals surface area contributed by atoms with Crippen LogP contribution in [0, 0.1) is 12.7 Å². The van der Waals surface area contributed by atoms with Crippen molar-refractivity contribution in [2.24, 2.45) is 7.05 Å². The predicted octanol–water partition coefficient (Wildman–Crippen LogP) is 3.75. The molecule has 1 N–H and O–H groups in total. The number of hydrogen-bond acceptors (Lipinski definition) is 2. The molecule has 2 aromatic carbocycles. The van der Waals surface area contributed by atoms with Crippen molar-refractivity contribution < 1.29 is 4.39 Å². The molecular weight excluding hydrogens is 289 g/mol. The summed E-state index contributed by atoms with van der Waals surface area (Å²) in [4.78, 5) is 4.40. The molecule has 0 saturated heterocycles. The molecule has 0 amide bonds. The van der Waals surface area contributed by atoms with Crippen LogP contribution in [0.15, 0.2) is 60.9 Å². The van der Waals surface area contributed by atoms with E-state index < -0.39 is 0 Å². The van der Waals surface area contributed by atoms with Gasteiger partial charge in [-0.15, -0.1) is 0 Å². The van der Waals surface area contributed by atoms with Crippen LogP contribution in [0.25, 0.3) is 0 Å². The van der Waals surface area contributed by atoms with Crippen molar-refractivity contribution in [1.82, 2.24) is 14.9 Å². The second-order valence-electron chi connectivity index (χ2n) is 5.72. The SMILES string of the molecule is Cc1cccc(CN[C@@H](c2ccccc2F)c2nccn2C)c1. The first-order valence-corrected chi connectivity index (χ1v) is 7.65. The summed E-state index contributed by atoms with van der Waals surface area (Å²) < 4.78 is 16.2. The van der Waals surface area contributed by atoms with Crippen molar-refractivity contribution in [2.75, 3.05) is 0 Å². The summed E-state index contributed by atoms with van der Waals surface area (Å²) in [5.41, 5.74) is 2.98. The third-order valence-corrected chi connectivity index (χ3v) is 3.93. The van der Waals surface area contributed by atoms with Gasteiger partial charge in [-0.05, 0) is 18.6 Å². The smallest absolute Gasteiger partial charge is 0.130 e. The Hall–Kier alpha value is -2.46. The van der Waals surface area contributed by atoms with Gasteiger partial charge in [-0.3, -0.25) is 5.32 Å². The van der Waals surface area contributed by atoms with E-state index in [2.05, 4.69) is 35.4 Å². The minimum atomic E-state index is -0.295. The van der Waals surface area contributed by atoms with Crippen molar-refractivity contribution >= 4 is 0 Å². The summed E-state index contributed by atoms with van der Waals surface area (Å²) >= 11 is 0. The highest BCUT2D eigenvalue weighted by molar-refractivity contribution is 5.28. The first kappa shape index (κ1) is 15.4. The highest BCUT2D eigenvalue weighted by Gasteiger charge is 2.20. The van der Waals surface area contributed by atoms with Gasteiger partial charge in [0.15, 0.2) is 0 Å². The van der Waals surface area contributed by atoms with E-state index in [1.807, 2.05) is 29.9 Å². The predicted molar refractivity (Wildman–Crippen MR) is 89.5 cm³/mol. The van der Waals surface area contributed by atoms with E-state index in [1.54, 1.807) is 18.3 Å². The van der Waals surface area contributed by atoms with Gasteiger partial charge in [-0.25, -0.2) is 9.37 Å². The highest BCUT2D eigenvalue weighted by Crippen LogP contribution is 2.23. The van der Waals surface area contributed by atoms with Crippen LogP contribution in [0.4, 0.5) is 4.39 Å². The van der Waals surface area contributed by atoms with Crippen molar-refractivity contribution in [3.63, 3.8) is 0 Å². The molecule has 3 nitrogen and oxygen atoms in total. The molecule has 0 saturated carbocycles. The minimum absolute atomic E-state index is 0.225. The maximum absolute atomic E-state index is 14.3. The van der Waals surface area contributed by atoms with E-state index in [1.165, 1.54) is 17.2 Å². The summed E-state index contributed by atoms with van der Waals surface area (Å²) in [6.07, 6.45) is 3.61. The molecule has 118 valence electrons. The fraction of sp³-hybridized carbons (Fsp3) is 0.211. The third kappa shape index (κ3) is 3.48. The normalized spacial score (nSPS) is 12.3. The maximum atomic E-state index is 14.3. The first-order valence-electron chi connectivity index (χ1n) is 7.65. The molecule has 23 heavy (non-hydrogen) atoms. The summed E-state index contributed by atoms with van der Waals surface area (Å²) in [7, 11) is 1.92. The number of nitrogens with one attached hydrogen (secondary N) is 1. The Balaban J connectivity index is 1.90. The van der Waals surface area contributed by atoms with E-state index in [0.29, 0.717) is 12.1 Å². The molecule has 0 unspecified atom stereocenters. The average molecular weight is 309 g/mol. The summed E-state index contributed by atoms with van der Waals surface area (Å²) in [5.74, 6) is 0.569. The zero-order chi connectivity index (χ0) is 16.2. The molecule has 1 atom stereocenters. The Kier molecular flexibility index (Phi) is 4.53. The molecular formula is C19H20FN3. The van der Waals surface area contributed by atoms with Gasteiger partial charge in [0, 0.05) is 31.5 Å². The molecule has 0 fully saturated rings. The molecule has 0 aliphatic heterocycles. The Bertz CT molecular complexity index is 795. The van der Waals surface area contributed by atoms with Crippen molar-refractivity contribution in [3.8, 4) is 0 Å². The van der Waals surface area contributed by atoms with Crippen LogP contribution in [-0.2, 0) is 13.6 Å². The van der Waals surface area contributed by atoms with Crippen LogP contribution in [-0.4, -0.2) is 9.55 Å². The van der Waals surface area contributed by atoms with Crippen LogP contribution >= 0.6 is 0 Å². The Labute approximate surface area is 135 Å². The van der Waals surface area contributed by atoms with E-state index in [-0.39, 0.29) is 11.9 Å². The Morgan fingerprint density at radius 3 is 2.70 bits per heavy atom. The summed E-state index contributed by atoms with van der Waals surface area (Å²) in [5, 5.41) is 3.44. The van der Waals surface area contributed by atoms with Gasteiger partial charge in [-0.1, -0.05) is 48.0 Å². The third-order valence-electron chi connectivity index (χ3n) is 3.93. The van der Waals surface area contributed by atoms with Crippen molar-refractivity contribution in [2.45, 2.75) is 19.5 Å². The highest BCUT2D eigenvalue weighted by atomic mass is 19.1. The quantitative estimate of drug-likeness (QED) is 0.778. The number of imidazole rings is 1. The fourth-order valence-electron chi connectivity index (χ4n) is 2.75. The molecule has 3 aromatic rings. The lowest BCUT2D eigenvalue weighted by atomic mass is 10.0. The van der Waals surface area contributed by atoms with Crippen LogP contribution < -0.4 is 5.32 Å². The summed E-state index contributed by atoms with van der Waals surface area (Å²) in [6.45, 7) is 2.71. The van der Waals surface area contributed by atoms with Gasteiger partial charge in [0.25, 0.3) is 0 Å². The molecule has 3 rings (SSSR count). The molecule has 0 spiro atoms. The number of halogens is 1. The Morgan fingerprint density at radius 1 is 1.17 bits per heavy atom. The largest absolute Gasteiger partial charge is 0.336 e. The van der Waals surface area contributed by atoms with Crippen LogP contribution in [0.3, 0.4) is 0 Å². The topological polar surface area (TPSA) is 29.9 Å². The molecule has 0 radical (unpaired) electrons. The zero-order valence-corrected chi connectivity index (χ0v) is 13.3. The second-order valence-corrected chi connectivity index (χ2v) is 5.72. The van der Waals surface area contributed by atoms with Gasteiger partial charge in [0.05, 0.1) is 6.04 Å². The number of nitrogens with zero attached hydrogens (tertiary/aromatic N) is 2. The minimum Gasteiger partial charge on any atom is -0.336 e. The fourth-order valence-corrected chi connectivity index (χ4v) is 2.75. The van der Waals surface area contributed by atoms with Gasteiger partial charge in [0.2, 0.25) is 0 Å². The van der Waals surface area contributed by atoms with E-state index >= 15 is 0 Å². The number of benzene rings is 2. The molecule has 0 bridgehead atoms. The molecule has 1 aromatic heterocycles. The lowest BCUT2D eigenvalue weighted by Crippen LogP contribution is -2.25. The molecule has 0 aliphatic rings. The summed E-state index contributed by atoms with van der Waals surface area (Å²) in [6, 6.07) is 14.8. The van der Waals surface area contributed by atoms with Crippen molar-refractivity contribution in [1.29, 1.82) is 0 Å². The van der Waals surface area contributed by atoms with Gasteiger partial charge in [0.1, 0.15) is 11.6 Å². The lowest BCUT2D eigenvalue weighted by Gasteiger charge is -2.20. The zero-order valence-electron chi connectivity index (χ0n) is 13.3. The standard InChI is InChI=1S/C19H20FN3/c1-14-6-5-7-15(12-14)13-22-18(19-21-10-11-23(19)2)16-8-3-4-9-17(16)20/h3-12,18,22H,13H2,1-2H3/t18-/m0/s1. The first-order chi connectivity index (χ1) is 11.1. The van der Waals surface area contributed by atoms with Gasteiger partial charge < -0.3 is 4.57 Å². The van der Waals surface area contributed by atoms with Crippen LogP contribution in [0.2, 0.25) is 0 Å². The van der Waals surface area contributed by atoms with Crippen LogP contribution in [0.5, 0.6) is 0 Å². The number of rotatable bonds is 5. The number of aromatic nitrogens is 2. The molecule has 0 aliphatic carbocycles. The maximum Gasteiger partial charge on any atom is 0.130 e. The van der Waals surface area contributed by atoms with E-state index in [9.17, 15) is 4.39 Å². The second kappa shape index (κ2) is 6.75. The van der Waals surface area contributed by atoms with Crippen LogP contribution in [0.1, 0.15) is 28.6 Å². The van der Waals surface area contributed by atoms with Gasteiger partial charge >= 0.3 is 0 Å². The van der Waals surface area contributed by atoms with E-state index in [0.717, 1.165) is 5.82 Å². The van der Waals surface area contributed by atoms with Crippen molar-refractivity contribution in [3.05, 3.63) is 89.3 Å². The average Bonchev–Trinajstić information content (AvgIpc) is 2.95.